The summed E-state index contributed by atoms with van der Waals surface area (Å²) in [6.45, 7) is 11.4. The predicted molar refractivity (Wildman–Crippen MR) is 81.8 cm³/mol. The van der Waals surface area contributed by atoms with Gasteiger partial charge in [0.15, 0.2) is 0 Å². The van der Waals surface area contributed by atoms with Crippen LogP contribution >= 0.6 is 0 Å². The number of rotatable bonds is 7. The quantitative estimate of drug-likeness (QED) is 0.706. The van der Waals surface area contributed by atoms with Gasteiger partial charge in [-0.15, -0.1) is 0 Å². The molecular weight excluding hydrogens is 238 g/mol. The van der Waals surface area contributed by atoms with Crippen LogP contribution in [-0.4, -0.2) is 35.1 Å². The molecule has 5 heteroatoms. The van der Waals surface area contributed by atoms with Crippen LogP contribution in [0.3, 0.4) is 0 Å². The second-order valence-corrected chi connectivity index (χ2v) is 5.68. The fourth-order valence-electron chi connectivity index (χ4n) is 1.89. The molecule has 0 amide bonds. The number of nitrogens with zero attached hydrogens (tertiary/aromatic N) is 2. The van der Waals surface area contributed by atoms with Crippen molar-refractivity contribution < 1.29 is 0 Å². The number of likely N-dealkylation sites (N-methyl/N-ethyl adjacent to an activating group) is 1. The molecule has 0 saturated carbocycles. The Morgan fingerprint density at radius 2 is 1.89 bits per heavy atom. The number of aromatic nitrogens is 2. The normalized spacial score (nSPS) is 13.2. The van der Waals surface area contributed by atoms with Crippen molar-refractivity contribution in [2.45, 2.75) is 52.6 Å². The number of aryl methyl sites for hydroxylation is 1. The van der Waals surface area contributed by atoms with Gasteiger partial charge < -0.3 is 16.0 Å². The molecule has 0 fully saturated rings. The molecule has 0 bridgehead atoms. The Kier molecular flexibility index (Phi) is 5.54. The number of nitrogens with one attached hydrogen (secondary N) is 3. The SMILES string of the molecule is CCC(C)Nc1cc(NC(C)(C)CNC)nc(C)n1. The summed E-state index contributed by atoms with van der Waals surface area (Å²) in [6.07, 6.45) is 1.07. The van der Waals surface area contributed by atoms with Crippen molar-refractivity contribution in [2.24, 2.45) is 0 Å². The Morgan fingerprint density at radius 3 is 2.47 bits per heavy atom. The van der Waals surface area contributed by atoms with E-state index in [-0.39, 0.29) is 5.54 Å². The largest absolute Gasteiger partial charge is 0.367 e. The third kappa shape index (κ3) is 5.42. The molecule has 108 valence electrons. The van der Waals surface area contributed by atoms with Crippen molar-refractivity contribution in [1.82, 2.24) is 15.3 Å². The van der Waals surface area contributed by atoms with Gasteiger partial charge in [-0.2, -0.15) is 0 Å². The first-order valence-corrected chi connectivity index (χ1v) is 6.91. The summed E-state index contributed by atoms with van der Waals surface area (Å²) in [7, 11) is 1.95. The highest BCUT2D eigenvalue weighted by Gasteiger charge is 2.17. The van der Waals surface area contributed by atoms with Crippen LogP contribution in [-0.2, 0) is 0 Å². The van der Waals surface area contributed by atoms with E-state index >= 15 is 0 Å². The highest BCUT2D eigenvalue weighted by Crippen LogP contribution is 2.17. The molecule has 0 saturated heterocycles. The Morgan fingerprint density at radius 1 is 1.26 bits per heavy atom. The molecule has 0 radical (unpaired) electrons. The average molecular weight is 265 g/mol. The highest BCUT2D eigenvalue weighted by atomic mass is 15.1. The maximum absolute atomic E-state index is 4.44. The van der Waals surface area contributed by atoms with E-state index in [4.69, 9.17) is 0 Å². The predicted octanol–water partition coefficient (Wildman–Crippen LogP) is 2.41. The fourth-order valence-corrected chi connectivity index (χ4v) is 1.89. The minimum atomic E-state index is -0.0524. The van der Waals surface area contributed by atoms with Crippen molar-refractivity contribution >= 4 is 11.6 Å². The number of hydrogen-bond acceptors (Lipinski definition) is 5. The standard InChI is InChI=1S/C14H27N5/c1-7-10(2)16-12-8-13(18-11(3)17-12)19-14(4,5)9-15-6/h8,10,15H,7,9H2,1-6H3,(H2,16,17,18,19). The van der Waals surface area contributed by atoms with Crippen molar-refractivity contribution in [2.75, 3.05) is 24.2 Å². The molecule has 1 aromatic rings. The van der Waals surface area contributed by atoms with Crippen molar-refractivity contribution in [3.05, 3.63) is 11.9 Å². The summed E-state index contributed by atoms with van der Waals surface area (Å²) in [5.74, 6) is 2.51. The van der Waals surface area contributed by atoms with Gasteiger partial charge in [-0.25, -0.2) is 9.97 Å². The zero-order chi connectivity index (χ0) is 14.5. The summed E-state index contributed by atoms with van der Waals surface area (Å²) in [5, 5.41) is 10.00. The minimum Gasteiger partial charge on any atom is -0.367 e. The van der Waals surface area contributed by atoms with Gasteiger partial charge in [-0.1, -0.05) is 6.92 Å². The topological polar surface area (TPSA) is 61.9 Å². The molecule has 19 heavy (non-hydrogen) atoms. The maximum Gasteiger partial charge on any atom is 0.132 e. The molecule has 0 spiro atoms. The molecule has 0 aromatic carbocycles. The number of hydrogen-bond donors (Lipinski definition) is 3. The summed E-state index contributed by atoms with van der Waals surface area (Å²) >= 11 is 0. The smallest absolute Gasteiger partial charge is 0.132 e. The molecule has 0 aliphatic carbocycles. The molecule has 5 nitrogen and oxygen atoms in total. The van der Waals surface area contributed by atoms with Gasteiger partial charge in [0.2, 0.25) is 0 Å². The van der Waals surface area contributed by atoms with E-state index in [2.05, 4.69) is 53.6 Å². The second kappa shape index (κ2) is 6.70. The Hall–Kier alpha value is -1.36. The fraction of sp³-hybridized carbons (Fsp3) is 0.714. The first-order chi connectivity index (χ1) is 8.86. The highest BCUT2D eigenvalue weighted by molar-refractivity contribution is 5.49. The number of anilines is 2. The lowest BCUT2D eigenvalue weighted by atomic mass is 10.1. The summed E-state index contributed by atoms with van der Waals surface area (Å²) in [6, 6.07) is 2.38. The first-order valence-electron chi connectivity index (χ1n) is 6.91. The van der Waals surface area contributed by atoms with E-state index in [9.17, 15) is 0 Å². The van der Waals surface area contributed by atoms with Gasteiger partial charge in [0, 0.05) is 24.2 Å². The van der Waals surface area contributed by atoms with E-state index in [1.165, 1.54) is 0 Å². The van der Waals surface area contributed by atoms with Gasteiger partial charge >= 0.3 is 0 Å². The molecule has 1 rings (SSSR count). The van der Waals surface area contributed by atoms with Crippen LogP contribution in [0.4, 0.5) is 11.6 Å². The Bertz CT molecular complexity index is 403. The Labute approximate surface area is 116 Å². The van der Waals surface area contributed by atoms with E-state index in [1.807, 2.05) is 20.0 Å². The molecule has 1 aromatic heterocycles. The van der Waals surface area contributed by atoms with E-state index in [0.29, 0.717) is 6.04 Å². The van der Waals surface area contributed by atoms with Gasteiger partial charge in [0.1, 0.15) is 17.5 Å². The molecule has 0 aliphatic heterocycles. The third-order valence-corrected chi connectivity index (χ3v) is 2.93. The van der Waals surface area contributed by atoms with E-state index in [1.54, 1.807) is 0 Å². The van der Waals surface area contributed by atoms with Crippen LogP contribution in [0.1, 0.15) is 39.9 Å². The lowest BCUT2D eigenvalue weighted by Gasteiger charge is -2.27. The van der Waals surface area contributed by atoms with Crippen LogP contribution in [0.5, 0.6) is 0 Å². The van der Waals surface area contributed by atoms with Crippen LogP contribution in [0.25, 0.3) is 0 Å². The summed E-state index contributed by atoms with van der Waals surface area (Å²) in [4.78, 5) is 8.86. The van der Waals surface area contributed by atoms with Crippen LogP contribution < -0.4 is 16.0 Å². The van der Waals surface area contributed by atoms with Crippen LogP contribution in [0.2, 0.25) is 0 Å². The molecule has 0 aliphatic rings. The third-order valence-electron chi connectivity index (χ3n) is 2.93. The lowest BCUT2D eigenvalue weighted by molar-refractivity contribution is 0.528. The van der Waals surface area contributed by atoms with Crippen LogP contribution in [0, 0.1) is 6.92 Å². The van der Waals surface area contributed by atoms with Gasteiger partial charge in [0.25, 0.3) is 0 Å². The van der Waals surface area contributed by atoms with Crippen molar-refractivity contribution in [3.63, 3.8) is 0 Å². The van der Waals surface area contributed by atoms with Gasteiger partial charge in [-0.3, -0.25) is 0 Å². The van der Waals surface area contributed by atoms with Gasteiger partial charge in [0.05, 0.1) is 0 Å². The maximum atomic E-state index is 4.44. The molecule has 1 atom stereocenters. The van der Waals surface area contributed by atoms with Crippen LogP contribution in [0.15, 0.2) is 6.07 Å². The second-order valence-electron chi connectivity index (χ2n) is 5.68. The monoisotopic (exact) mass is 265 g/mol. The first kappa shape index (κ1) is 15.7. The zero-order valence-corrected chi connectivity index (χ0v) is 13.0. The Balaban J connectivity index is 2.84. The van der Waals surface area contributed by atoms with Gasteiger partial charge in [-0.05, 0) is 41.2 Å². The van der Waals surface area contributed by atoms with E-state index in [0.717, 1.165) is 30.4 Å². The molecular formula is C14H27N5. The minimum absolute atomic E-state index is 0.0524. The summed E-state index contributed by atoms with van der Waals surface area (Å²) < 4.78 is 0. The average Bonchev–Trinajstić information content (AvgIpc) is 2.26. The summed E-state index contributed by atoms with van der Waals surface area (Å²) in [5.41, 5.74) is -0.0524. The van der Waals surface area contributed by atoms with Crippen molar-refractivity contribution in [3.8, 4) is 0 Å². The molecule has 3 N–H and O–H groups in total. The lowest BCUT2D eigenvalue weighted by Crippen LogP contribution is -2.41. The van der Waals surface area contributed by atoms with Crippen molar-refractivity contribution in [1.29, 1.82) is 0 Å². The van der Waals surface area contributed by atoms with E-state index < -0.39 is 0 Å². The molecule has 1 heterocycles. The zero-order valence-electron chi connectivity index (χ0n) is 13.0. The molecule has 1 unspecified atom stereocenters.